The summed E-state index contributed by atoms with van der Waals surface area (Å²) >= 11 is 0. The van der Waals surface area contributed by atoms with Crippen LogP contribution in [-0.2, 0) is 9.53 Å². The van der Waals surface area contributed by atoms with Gasteiger partial charge in [-0.15, -0.1) is 0 Å². The minimum absolute atomic E-state index is 0.112. The van der Waals surface area contributed by atoms with Crippen molar-refractivity contribution in [2.45, 2.75) is 19.8 Å². The molecule has 7 heteroatoms. The minimum Gasteiger partial charge on any atom is -0.480 e. The molecule has 0 aliphatic rings. The number of rotatable bonds is 7. The Morgan fingerprint density at radius 2 is 2.21 bits per heavy atom. The van der Waals surface area contributed by atoms with Gasteiger partial charge in [-0.05, 0) is 0 Å². The molecule has 0 saturated heterocycles. The molecule has 7 nitrogen and oxygen atoms in total. The quantitative estimate of drug-likeness (QED) is 0.793. The molecule has 0 saturated carbocycles. The van der Waals surface area contributed by atoms with Gasteiger partial charge in [-0.25, -0.2) is 0 Å². The van der Waals surface area contributed by atoms with E-state index in [0.717, 1.165) is 4.90 Å². The van der Waals surface area contributed by atoms with E-state index in [4.69, 9.17) is 14.4 Å². The normalized spacial score (nSPS) is 10.7. The highest BCUT2D eigenvalue weighted by Crippen LogP contribution is 2.16. The Hall–Kier alpha value is -1.89. The maximum absolute atomic E-state index is 12.1. The fraction of sp³-hybridized carbons (Fsp3) is 0.583. The van der Waals surface area contributed by atoms with E-state index in [0.29, 0.717) is 5.76 Å². The number of carboxylic acids is 1. The van der Waals surface area contributed by atoms with Crippen molar-refractivity contribution < 1.29 is 24.0 Å². The van der Waals surface area contributed by atoms with E-state index in [9.17, 15) is 9.59 Å². The number of carbonyl (C=O) groups is 2. The first-order valence-corrected chi connectivity index (χ1v) is 5.92. The molecule has 0 radical (unpaired) electrons. The second-order valence-corrected chi connectivity index (χ2v) is 4.38. The average molecular weight is 270 g/mol. The number of carbonyl (C=O) groups excluding carboxylic acids is 1. The van der Waals surface area contributed by atoms with E-state index in [1.165, 1.54) is 13.2 Å². The van der Waals surface area contributed by atoms with Crippen molar-refractivity contribution >= 4 is 11.9 Å². The number of hydrogen-bond donors (Lipinski definition) is 1. The number of aliphatic carboxylic acids is 1. The number of nitrogens with zero attached hydrogens (tertiary/aromatic N) is 2. The van der Waals surface area contributed by atoms with Crippen molar-refractivity contribution in [1.29, 1.82) is 0 Å². The third-order valence-corrected chi connectivity index (χ3v) is 2.50. The molecule has 1 rings (SSSR count). The zero-order valence-electron chi connectivity index (χ0n) is 11.3. The lowest BCUT2D eigenvalue weighted by Gasteiger charge is -2.18. The molecular weight excluding hydrogens is 252 g/mol. The van der Waals surface area contributed by atoms with Crippen molar-refractivity contribution in [2.75, 3.05) is 26.8 Å². The maximum Gasteiger partial charge on any atom is 0.323 e. The highest BCUT2D eigenvalue weighted by atomic mass is 16.5. The summed E-state index contributed by atoms with van der Waals surface area (Å²) in [5.74, 6) is -0.863. The Morgan fingerprint density at radius 3 is 2.68 bits per heavy atom. The summed E-state index contributed by atoms with van der Waals surface area (Å²) in [6, 6.07) is 1.54. The summed E-state index contributed by atoms with van der Waals surface area (Å²) in [6.45, 7) is 3.87. The minimum atomic E-state index is -1.09. The summed E-state index contributed by atoms with van der Waals surface area (Å²) < 4.78 is 9.88. The van der Waals surface area contributed by atoms with Gasteiger partial charge in [0.15, 0.2) is 5.69 Å². The Kier molecular flexibility index (Phi) is 5.50. The molecule has 0 fully saturated rings. The number of hydrogen-bond acceptors (Lipinski definition) is 5. The molecule has 0 bridgehead atoms. The number of aromatic nitrogens is 1. The van der Waals surface area contributed by atoms with Crippen molar-refractivity contribution in [3.63, 3.8) is 0 Å². The second-order valence-electron chi connectivity index (χ2n) is 4.38. The largest absolute Gasteiger partial charge is 0.480 e. The van der Waals surface area contributed by atoms with E-state index in [1.807, 2.05) is 13.8 Å². The topological polar surface area (TPSA) is 92.9 Å². The van der Waals surface area contributed by atoms with Crippen LogP contribution < -0.4 is 0 Å². The van der Waals surface area contributed by atoms with Gasteiger partial charge < -0.3 is 19.3 Å². The van der Waals surface area contributed by atoms with E-state index in [2.05, 4.69) is 5.16 Å². The smallest absolute Gasteiger partial charge is 0.323 e. The molecule has 106 valence electrons. The van der Waals surface area contributed by atoms with E-state index < -0.39 is 18.4 Å². The SMILES string of the molecule is COCCN(CC(=O)O)C(=O)c1cc(C(C)C)on1. The van der Waals surface area contributed by atoms with Crippen molar-refractivity contribution in [3.05, 3.63) is 17.5 Å². The lowest BCUT2D eigenvalue weighted by atomic mass is 10.1. The van der Waals surface area contributed by atoms with Gasteiger partial charge in [-0.2, -0.15) is 0 Å². The number of ether oxygens (including phenoxy) is 1. The first kappa shape index (κ1) is 15.2. The van der Waals surface area contributed by atoms with Gasteiger partial charge in [0.25, 0.3) is 5.91 Å². The van der Waals surface area contributed by atoms with Gasteiger partial charge in [0.05, 0.1) is 6.61 Å². The fourth-order valence-electron chi connectivity index (χ4n) is 1.44. The molecule has 1 aromatic rings. The highest BCUT2D eigenvalue weighted by Gasteiger charge is 2.22. The third-order valence-electron chi connectivity index (χ3n) is 2.50. The van der Waals surface area contributed by atoms with Crippen LogP contribution in [0.4, 0.5) is 0 Å². The predicted molar refractivity (Wildman–Crippen MR) is 66.0 cm³/mol. The molecule has 1 amide bonds. The van der Waals surface area contributed by atoms with E-state index in [-0.39, 0.29) is 24.8 Å². The summed E-state index contributed by atoms with van der Waals surface area (Å²) in [6.07, 6.45) is 0. The molecule has 0 aliphatic heterocycles. The summed E-state index contributed by atoms with van der Waals surface area (Å²) in [5, 5.41) is 12.5. The van der Waals surface area contributed by atoms with Gasteiger partial charge in [0, 0.05) is 25.6 Å². The van der Waals surface area contributed by atoms with Gasteiger partial charge in [0.2, 0.25) is 0 Å². The average Bonchev–Trinajstić information content (AvgIpc) is 2.82. The van der Waals surface area contributed by atoms with Crippen molar-refractivity contribution in [2.24, 2.45) is 0 Å². The van der Waals surface area contributed by atoms with E-state index in [1.54, 1.807) is 0 Å². The first-order chi connectivity index (χ1) is 8.95. The molecular formula is C12H18N2O5. The number of amides is 1. The molecule has 0 aliphatic carbocycles. The lowest BCUT2D eigenvalue weighted by Crippen LogP contribution is -2.38. The molecule has 0 unspecified atom stereocenters. The standard InChI is InChI=1S/C12H18N2O5/c1-8(2)10-6-9(13-19-10)12(17)14(4-5-18-3)7-11(15)16/h6,8H,4-5,7H2,1-3H3,(H,15,16). The molecule has 0 atom stereocenters. The Morgan fingerprint density at radius 1 is 1.53 bits per heavy atom. The maximum atomic E-state index is 12.1. The zero-order chi connectivity index (χ0) is 14.4. The summed E-state index contributed by atoms with van der Waals surface area (Å²) in [5.41, 5.74) is 0.112. The van der Waals surface area contributed by atoms with Crippen molar-refractivity contribution in [1.82, 2.24) is 10.1 Å². The van der Waals surface area contributed by atoms with Gasteiger partial charge in [0.1, 0.15) is 12.3 Å². The summed E-state index contributed by atoms with van der Waals surface area (Å²) in [7, 11) is 1.48. The van der Waals surface area contributed by atoms with Gasteiger partial charge in [-0.1, -0.05) is 19.0 Å². The first-order valence-electron chi connectivity index (χ1n) is 5.92. The molecule has 0 spiro atoms. The highest BCUT2D eigenvalue weighted by molar-refractivity contribution is 5.94. The second kappa shape index (κ2) is 6.89. The van der Waals surface area contributed by atoms with Crippen LogP contribution in [0, 0.1) is 0 Å². The van der Waals surface area contributed by atoms with Crippen LogP contribution in [0.3, 0.4) is 0 Å². The van der Waals surface area contributed by atoms with Gasteiger partial charge in [-0.3, -0.25) is 9.59 Å². The predicted octanol–water partition coefficient (Wildman–Crippen LogP) is 0.971. The van der Waals surface area contributed by atoms with Crippen LogP contribution in [0.1, 0.15) is 36.0 Å². The molecule has 1 N–H and O–H groups in total. The molecule has 19 heavy (non-hydrogen) atoms. The monoisotopic (exact) mass is 270 g/mol. The van der Waals surface area contributed by atoms with E-state index >= 15 is 0 Å². The van der Waals surface area contributed by atoms with Crippen molar-refractivity contribution in [3.8, 4) is 0 Å². The number of carboxylic acid groups (broad SMARTS) is 1. The Bertz CT molecular complexity index is 441. The number of methoxy groups -OCH3 is 1. The van der Waals surface area contributed by atoms with Crippen LogP contribution in [0.25, 0.3) is 0 Å². The third kappa shape index (κ3) is 4.36. The van der Waals surface area contributed by atoms with Gasteiger partial charge >= 0.3 is 5.97 Å². The van der Waals surface area contributed by atoms with Crippen LogP contribution in [-0.4, -0.2) is 53.8 Å². The zero-order valence-corrected chi connectivity index (χ0v) is 11.3. The Balaban J connectivity index is 2.81. The van der Waals surface area contributed by atoms with Crippen LogP contribution in [0.5, 0.6) is 0 Å². The molecule has 0 aromatic carbocycles. The fourth-order valence-corrected chi connectivity index (χ4v) is 1.44. The van der Waals surface area contributed by atoms with Crippen LogP contribution >= 0.6 is 0 Å². The van der Waals surface area contributed by atoms with Crippen LogP contribution in [0.2, 0.25) is 0 Å². The molecule has 1 heterocycles. The van der Waals surface area contributed by atoms with Crippen LogP contribution in [0.15, 0.2) is 10.6 Å². The Labute approximate surface area is 111 Å². The molecule has 1 aromatic heterocycles. The summed E-state index contributed by atoms with van der Waals surface area (Å²) in [4.78, 5) is 24.0. The lowest BCUT2D eigenvalue weighted by molar-refractivity contribution is -0.137.